The van der Waals surface area contributed by atoms with Crippen LogP contribution < -0.4 is 10.6 Å². The van der Waals surface area contributed by atoms with Crippen LogP contribution in [0.3, 0.4) is 0 Å². The molecule has 0 amide bonds. The Morgan fingerprint density at radius 1 is 1.19 bits per heavy atom. The zero-order chi connectivity index (χ0) is 17.5. The molecule has 2 N–H and O–H groups in total. The summed E-state index contributed by atoms with van der Waals surface area (Å²) in [5.41, 5.74) is 1.28. The van der Waals surface area contributed by atoms with Crippen molar-refractivity contribution >= 4 is 40.8 Å². The van der Waals surface area contributed by atoms with E-state index in [1.54, 1.807) is 7.05 Å². The highest BCUT2D eigenvalue weighted by Gasteiger charge is 2.04. The smallest absolute Gasteiger partial charge is 0.228 e. The molecule has 0 fully saturated rings. The minimum atomic E-state index is 0. The Balaban J connectivity index is 0.00000243. The molecule has 7 nitrogen and oxygen atoms in total. The summed E-state index contributed by atoms with van der Waals surface area (Å²) in [4.78, 5) is 8.41. The molecule has 1 aromatic carbocycles. The Kier molecular flexibility index (Phi) is 7.89. The van der Waals surface area contributed by atoms with Crippen LogP contribution in [0, 0.1) is 6.92 Å². The van der Waals surface area contributed by atoms with E-state index in [1.807, 2.05) is 6.92 Å². The number of hydrogen-bond donors (Lipinski definition) is 2. The predicted molar refractivity (Wildman–Crippen MR) is 114 cm³/mol. The van der Waals surface area contributed by atoms with Crippen LogP contribution >= 0.6 is 24.0 Å². The van der Waals surface area contributed by atoms with Crippen LogP contribution in [0.1, 0.15) is 18.1 Å². The highest BCUT2D eigenvalue weighted by molar-refractivity contribution is 14.0. The minimum Gasteiger partial charge on any atom is -0.356 e. The number of hydrogen-bond acceptors (Lipinski definition) is 4. The molecule has 0 saturated heterocycles. The van der Waals surface area contributed by atoms with Gasteiger partial charge in [-0.05, 0) is 30.9 Å². The average Bonchev–Trinajstić information content (AvgIpc) is 3.23. The second-order valence-corrected chi connectivity index (χ2v) is 5.83. The summed E-state index contributed by atoms with van der Waals surface area (Å²) in [5, 5.41) is 11.6. The number of rotatable bonds is 7. The third-order valence-electron chi connectivity index (χ3n) is 3.97. The van der Waals surface area contributed by atoms with Gasteiger partial charge in [0.2, 0.25) is 5.89 Å². The molecule has 0 aliphatic rings. The van der Waals surface area contributed by atoms with Gasteiger partial charge in [0.05, 0.1) is 0 Å². The zero-order valence-electron chi connectivity index (χ0n) is 15.1. The Labute approximate surface area is 170 Å². The summed E-state index contributed by atoms with van der Waals surface area (Å²) in [6.07, 6.45) is 3.84. The molecule has 0 spiro atoms. The standard InChI is InChI=1S/C18H24N6O.HI/c1-14-22-17(25-23-14)8-11-21-18(19-2)20-10-5-12-24-13-9-15-6-3-4-7-16(15)24;/h3-4,6-7,9,13H,5,8,10-12H2,1-2H3,(H2,19,20,21);1H. The van der Waals surface area contributed by atoms with Crippen LogP contribution in [0.5, 0.6) is 0 Å². The molecule has 3 aromatic rings. The number of nitrogens with zero attached hydrogens (tertiary/aromatic N) is 4. The summed E-state index contributed by atoms with van der Waals surface area (Å²) >= 11 is 0. The van der Waals surface area contributed by atoms with Crippen molar-refractivity contribution in [2.24, 2.45) is 4.99 Å². The third kappa shape index (κ3) is 5.45. The molecular weight excluding hydrogens is 443 g/mol. The van der Waals surface area contributed by atoms with E-state index in [9.17, 15) is 0 Å². The van der Waals surface area contributed by atoms with Crippen molar-refractivity contribution in [2.75, 3.05) is 20.1 Å². The number of aromatic nitrogens is 3. The second-order valence-electron chi connectivity index (χ2n) is 5.83. The number of guanidine groups is 1. The van der Waals surface area contributed by atoms with E-state index < -0.39 is 0 Å². The van der Waals surface area contributed by atoms with Gasteiger partial charge in [0, 0.05) is 44.8 Å². The zero-order valence-corrected chi connectivity index (χ0v) is 17.4. The number of aryl methyl sites for hydroxylation is 2. The van der Waals surface area contributed by atoms with Gasteiger partial charge in [0.25, 0.3) is 0 Å². The fraction of sp³-hybridized carbons (Fsp3) is 0.389. The lowest BCUT2D eigenvalue weighted by atomic mass is 10.2. The maximum Gasteiger partial charge on any atom is 0.228 e. The van der Waals surface area contributed by atoms with E-state index >= 15 is 0 Å². The minimum absolute atomic E-state index is 0. The van der Waals surface area contributed by atoms with Crippen LogP contribution in [0.15, 0.2) is 46.0 Å². The fourth-order valence-electron chi connectivity index (χ4n) is 2.74. The lowest BCUT2D eigenvalue weighted by Crippen LogP contribution is -2.39. The highest BCUT2D eigenvalue weighted by Crippen LogP contribution is 2.15. The largest absolute Gasteiger partial charge is 0.356 e. The van der Waals surface area contributed by atoms with Gasteiger partial charge in [0.1, 0.15) is 0 Å². The number of aliphatic imine (C=N–C) groups is 1. The molecule has 3 rings (SSSR count). The quantitative estimate of drug-likeness (QED) is 0.241. The first kappa shape index (κ1) is 20.2. The van der Waals surface area contributed by atoms with Gasteiger partial charge >= 0.3 is 0 Å². The average molecular weight is 468 g/mol. The Bertz CT molecular complexity index is 841. The third-order valence-corrected chi connectivity index (χ3v) is 3.97. The van der Waals surface area contributed by atoms with Crippen molar-refractivity contribution in [2.45, 2.75) is 26.3 Å². The molecule has 0 aliphatic heterocycles. The van der Waals surface area contributed by atoms with Crippen molar-refractivity contribution in [1.29, 1.82) is 0 Å². The summed E-state index contributed by atoms with van der Waals surface area (Å²) in [6.45, 7) is 4.34. The van der Waals surface area contributed by atoms with Crippen molar-refractivity contribution < 1.29 is 4.52 Å². The van der Waals surface area contributed by atoms with Crippen LogP contribution in [0.2, 0.25) is 0 Å². The van der Waals surface area contributed by atoms with Crippen molar-refractivity contribution in [3.05, 3.63) is 48.2 Å². The first-order chi connectivity index (χ1) is 12.3. The van der Waals surface area contributed by atoms with Crippen LogP contribution in [0.4, 0.5) is 0 Å². The van der Waals surface area contributed by atoms with Crippen molar-refractivity contribution in [3.63, 3.8) is 0 Å². The van der Waals surface area contributed by atoms with Crippen LogP contribution in [-0.4, -0.2) is 40.8 Å². The molecule has 0 atom stereocenters. The van der Waals surface area contributed by atoms with Crippen molar-refractivity contribution in [1.82, 2.24) is 25.3 Å². The number of para-hydroxylation sites is 1. The van der Waals surface area contributed by atoms with E-state index in [0.29, 0.717) is 24.7 Å². The number of halogens is 1. The molecule has 0 saturated carbocycles. The van der Waals surface area contributed by atoms with E-state index in [0.717, 1.165) is 25.5 Å². The maximum atomic E-state index is 5.09. The second kappa shape index (κ2) is 10.1. The molecule has 0 bridgehead atoms. The van der Waals surface area contributed by atoms with Gasteiger partial charge in [0.15, 0.2) is 11.8 Å². The summed E-state index contributed by atoms with van der Waals surface area (Å²) in [5.74, 6) is 2.09. The SMILES string of the molecule is CN=C(NCCCn1ccc2ccccc21)NCCc1nc(C)no1.I. The lowest BCUT2D eigenvalue weighted by Gasteiger charge is -2.11. The number of nitrogens with one attached hydrogen (secondary N) is 2. The molecule has 2 aromatic heterocycles. The lowest BCUT2D eigenvalue weighted by molar-refractivity contribution is 0.374. The Hall–Kier alpha value is -2.10. The first-order valence-electron chi connectivity index (χ1n) is 8.54. The van der Waals surface area contributed by atoms with Gasteiger partial charge in [-0.3, -0.25) is 4.99 Å². The molecule has 8 heteroatoms. The van der Waals surface area contributed by atoms with Crippen LogP contribution in [-0.2, 0) is 13.0 Å². The normalized spacial score (nSPS) is 11.4. The summed E-state index contributed by atoms with van der Waals surface area (Å²) in [7, 11) is 1.77. The van der Waals surface area contributed by atoms with Gasteiger partial charge in [-0.15, -0.1) is 24.0 Å². The highest BCUT2D eigenvalue weighted by atomic mass is 127. The van der Waals surface area contributed by atoms with Gasteiger partial charge in [-0.25, -0.2) is 0 Å². The molecular formula is C18H25IN6O. The molecule has 0 radical (unpaired) electrons. The van der Waals surface area contributed by atoms with E-state index in [1.165, 1.54) is 10.9 Å². The predicted octanol–water partition coefficient (Wildman–Crippen LogP) is 2.75. The topological polar surface area (TPSA) is 80.3 Å². The Morgan fingerprint density at radius 3 is 2.77 bits per heavy atom. The summed E-state index contributed by atoms with van der Waals surface area (Å²) in [6, 6.07) is 10.6. The number of benzene rings is 1. The number of fused-ring (bicyclic) bond motifs is 1. The Morgan fingerprint density at radius 2 is 2.00 bits per heavy atom. The fourth-order valence-corrected chi connectivity index (χ4v) is 2.74. The van der Waals surface area contributed by atoms with Crippen LogP contribution in [0.25, 0.3) is 10.9 Å². The van der Waals surface area contributed by atoms with Gasteiger partial charge < -0.3 is 19.7 Å². The van der Waals surface area contributed by atoms with E-state index in [-0.39, 0.29) is 24.0 Å². The molecule has 0 aliphatic carbocycles. The first-order valence-corrected chi connectivity index (χ1v) is 8.54. The molecule has 0 unspecified atom stereocenters. The maximum absolute atomic E-state index is 5.09. The molecule has 2 heterocycles. The molecule has 140 valence electrons. The van der Waals surface area contributed by atoms with E-state index in [2.05, 4.69) is 66.9 Å². The van der Waals surface area contributed by atoms with Gasteiger partial charge in [-0.1, -0.05) is 23.4 Å². The van der Waals surface area contributed by atoms with Gasteiger partial charge in [-0.2, -0.15) is 4.98 Å². The van der Waals surface area contributed by atoms with E-state index in [4.69, 9.17) is 4.52 Å². The summed E-state index contributed by atoms with van der Waals surface area (Å²) < 4.78 is 7.37. The molecule has 26 heavy (non-hydrogen) atoms. The monoisotopic (exact) mass is 468 g/mol. The van der Waals surface area contributed by atoms with Crippen molar-refractivity contribution in [3.8, 4) is 0 Å².